The largest absolute Gasteiger partial charge is 0.401 e. The van der Waals surface area contributed by atoms with Gasteiger partial charge in [-0.05, 0) is 24.8 Å². The first kappa shape index (κ1) is 23.0. The zero-order valence-electron chi connectivity index (χ0n) is 15.4. The van der Waals surface area contributed by atoms with Gasteiger partial charge in [0.15, 0.2) is 5.96 Å². The van der Waals surface area contributed by atoms with E-state index in [-0.39, 0.29) is 30.0 Å². The first-order valence-electron chi connectivity index (χ1n) is 8.59. The Morgan fingerprint density at radius 2 is 1.96 bits per heavy atom. The number of hydrogen-bond donors (Lipinski definition) is 2. The molecule has 4 nitrogen and oxygen atoms in total. The molecule has 1 aliphatic rings. The third kappa shape index (κ3) is 7.69. The van der Waals surface area contributed by atoms with Crippen LogP contribution in [-0.2, 0) is 0 Å². The number of nitrogens with one attached hydrogen (secondary N) is 2. The number of aryl methyl sites for hydroxylation is 1. The molecular weight excluding hydrogens is 456 g/mol. The van der Waals surface area contributed by atoms with Crippen molar-refractivity contribution < 1.29 is 13.2 Å². The van der Waals surface area contributed by atoms with Crippen molar-refractivity contribution >= 4 is 29.9 Å². The van der Waals surface area contributed by atoms with Crippen molar-refractivity contribution in [2.24, 2.45) is 4.99 Å². The third-order valence-corrected chi connectivity index (χ3v) is 4.46. The van der Waals surface area contributed by atoms with Crippen LogP contribution in [0.2, 0.25) is 0 Å². The predicted octanol–water partition coefficient (Wildman–Crippen LogP) is 3.52. The van der Waals surface area contributed by atoms with Crippen molar-refractivity contribution in [2.45, 2.75) is 38.4 Å². The van der Waals surface area contributed by atoms with Gasteiger partial charge in [-0.15, -0.1) is 24.0 Å². The lowest BCUT2D eigenvalue weighted by molar-refractivity contribution is -0.143. The van der Waals surface area contributed by atoms with Crippen LogP contribution in [0.15, 0.2) is 29.3 Å². The van der Waals surface area contributed by atoms with Gasteiger partial charge in [0, 0.05) is 32.7 Å². The molecule has 2 N–H and O–H groups in total. The minimum Gasteiger partial charge on any atom is -0.356 e. The van der Waals surface area contributed by atoms with Gasteiger partial charge in [-0.1, -0.05) is 36.8 Å². The van der Waals surface area contributed by atoms with E-state index in [4.69, 9.17) is 0 Å². The van der Waals surface area contributed by atoms with Crippen molar-refractivity contribution in [1.82, 2.24) is 15.5 Å². The lowest BCUT2D eigenvalue weighted by Gasteiger charge is -2.21. The average Bonchev–Trinajstić information content (AvgIpc) is 2.96. The average molecular weight is 484 g/mol. The van der Waals surface area contributed by atoms with E-state index in [1.165, 1.54) is 16.0 Å². The van der Waals surface area contributed by atoms with Gasteiger partial charge in [-0.3, -0.25) is 9.89 Å². The monoisotopic (exact) mass is 484 g/mol. The molecule has 148 valence electrons. The minimum atomic E-state index is -4.14. The van der Waals surface area contributed by atoms with Crippen molar-refractivity contribution in [3.63, 3.8) is 0 Å². The Labute approximate surface area is 170 Å². The maximum absolute atomic E-state index is 12.5. The first-order valence-corrected chi connectivity index (χ1v) is 8.59. The summed E-state index contributed by atoms with van der Waals surface area (Å²) in [6, 6.07) is 8.40. The molecule has 2 rings (SSSR count). The summed E-state index contributed by atoms with van der Waals surface area (Å²) in [7, 11) is 1.67. The van der Waals surface area contributed by atoms with E-state index in [0.717, 1.165) is 0 Å². The summed E-state index contributed by atoms with van der Waals surface area (Å²) in [6.45, 7) is 4.89. The van der Waals surface area contributed by atoms with Crippen molar-refractivity contribution in [3.05, 3.63) is 35.4 Å². The molecule has 1 heterocycles. The van der Waals surface area contributed by atoms with Crippen LogP contribution >= 0.6 is 24.0 Å². The Morgan fingerprint density at radius 3 is 2.54 bits per heavy atom. The quantitative estimate of drug-likeness (QED) is 0.382. The summed E-state index contributed by atoms with van der Waals surface area (Å²) in [6.07, 6.45) is -3.46. The summed E-state index contributed by atoms with van der Waals surface area (Å²) in [5.74, 6) is 0.947. The number of benzene rings is 1. The molecule has 0 aromatic heterocycles. The topological polar surface area (TPSA) is 39.7 Å². The van der Waals surface area contributed by atoms with Gasteiger partial charge < -0.3 is 10.6 Å². The fourth-order valence-corrected chi connectivity index (χ4v) is 3.00. The van der Waals surface area contributed by atoms with Gasteiger partial charge in [0.1, 0.15) is 0 Å². The fourth-order valence-electron chi connectivity index (χ4n) is 3.00. The molecule has 8 heteroatoms. The highest BCUT2D eigenvalue weighted by Gasteiger charge is 2.34. The van der Waals surface area contributed by atoms with Gasteiger partial charge in [0.2, 0.25) is 0 Å². The number of aliphatic imine (C=N–C) groups is 1. The zero-order chi connectivity index (χ0) is 18.4. The van der Waals surface area contributed by atoms with E-state index in [9.17, 15) is 13.2 Å². The maximum Gasteiger partial charge on any atom is 0.401 e. The zero-order valence-corrected chi connectivity index (χ0v) is 17.8. The van der Waals surface area contributed by atoms with E-state index in [1.807, 2.05) is 0 Å². The van der Waals surface area contributed by atoms with Crippen molar-refractivity contribution in [1.29, 1.82) is 0 Å². The van der Waals surface area contributed by atoms with E-state index in [2.05, 4.69) is 53.7 Å². The highest BCUT2D eigenvalue weighted by atomic mass is 127. The number of guanidine groups is 1. The lowest BCUT2D eigenvalue weighted by Crippen LogP contribution is -2.46. The third-order valence-electron chi connectivity index (χ3n) is 4.46. The lowest BCUT2D eigenvalue weighted by atomic mass is 10.0. The van der Waals surface area contributed by atoms with Crippen LogP contribution in [0.25, 0.3) is 0 Å². The van der Waals surface area contributed by atoms with E-state index in [0.29, 0.717) is 37.9 Å². The van der Waals surface area contributed by atoms with Gasteiger partial charge in [-0.25, -0.2) is 0 Å². The Morgan fingerprint density at radius 1 is 1.31 bits per heavy atom. The van der Waals surface area contributed by atoms with E-state index in [1.54, 1.807) is 7.05 Å². The molecule has 1 aromatic rings. The van der Waals surface area contributed by atoms with Crippen LogP contribution in [0.5, 0.6) is 0 Å². The maximum atomic E-state index is 12.5. The first-order chi connectivity index (χ1) is 11.8. The standard InChI is InChI=1S/C18H27F3N4.HI/c1-13-4-6-15(7-5-13)14(2)10-23-17(22-3)24-16-8-9-25(11-16)12-18(19,20)21;/h4-7,14,16H,8-12H2,1-3H3,(H2,22,23,24);1H. The van der Waals surface area contributed by atoms with E-state index >= 15 is 0 Å². The second-order valence-corrected chi connectivity index (χ2v) is 6.75. The summed E-state index contributed by atoms with van der Waals surface area (Å²) >= 11 is 0. The van der Waals surface area contributed by atoms with Gasteiger partial charge in [0.05, 0.1) is 6.54 Å². The second kappa shape index (κ2) is 10.3. The van der Waals surface area contributed by atoms with Crippen LogP contribution in [-0.4, -0.2) is 56.3 Å². The molecular formula is C18H28F3IN4. The van der Waals surface area contributed by atoms with Crippen LogP contribution in [0, 0.1) is 6.92 Å². The smallest absolute Gasteiger partial charge is 0.356 e. The predicted molar refractivity (Wildman–Crippen MR) is 110 cm³/mol. The van der Waals surface area contributed by atoms with Crippen molar-refractivity contribution in [3.8, 4) is 0 Å². The highest BCUT2D eigenvalue weighted by Crippen LogP contribution is 2.20. The van der Waals surface area contributed by atoms with Crippen LogP contribution in [0.1, 0.15) is 30.4 Å². The summed E-state index contributed by atoms with van der Waals surface area (Å²) in [5.41, 5.74) is 2.47. The number of nitrogens with zero attached hydrogens (tertiary/aromatic N) is 2. The molecule has 0 bridgehead atoms. The Balaban J connectivity index is 0.00000338. The molecule has 2 unspecified atom stereocenters. The SMILES string of the molecule is CN=C(NCC(C)c1ccc(C)cc1)NC1CCN(CC(F)(F)F)C1.I. The molecule has 0 saturated carbocycles. The normalized spacial score (nSPS) is 19.8. The molecule has 0 amide bonds. The second-order valence-electron chi connectivity index (χ2n) is 6.75. The molecule has 1 aliphatic heterocycles. The Hall–Kier alpha value is -1.03. The Kier molecular flexibility index (Phi) is 9.15. The van der Waals surface area contributed by atoms with Gasteiger partial charge in [0.25, 0.3) is 0 Å². The number of likely N-dealkylation sites (tertiary alicyclic amines) is 1. The molecule has 0 spiro atoms. The molecule has 1 aromatic carbocycles. The summed E-state index contributed by atoms with van der Waals surface area (Å²) in [4.78, 5) is 5.62. The minimum absolute atomic E-state index is 0. The number of alkyl halides is 3. The van der Waals surface area contributed by atoms with Crippen LogP contribution < -0.4 is 10.6 Å². The fraction of sp³-hybridized carbons (Fsp3) is 0.611. The molecule has 0 aliphatic carbocycles. The molecule has 1 saturated heterocycles. The summed E-state index contributed by atoms with van der Waals surface area (Å²) in [5, 5.41) is 6.50. The number of hydrogen-bond acceptors (Lipinski definition) is 2. The molecule has 1 fully saturated rings. The molecule has 26 heavy (non-hydrogen) atoms. The van der Waals surface area contributed by atoms with Crippen LogP contribution in [0.3, 0.4) is 0 Å². The van der Waals surface area contributed by atoms with Gasteiger partial charge >= 0.3 is 6.18 Å². The van der Waals surface area contributed by atoms with Crippen molar-refractivity contribution in [2.75, 3.05) is 33.2 Å². The molecule has 0 radical (unpaired) electrons. The van der Waals surface area contributed by atoms with E-state index < -0.39 is 12.7 Å². The number of rotatable bonds is 5. The van der Waals surface area contributed by atoms with Crippen LogP contribution in [0.4, 0.5) is 13.2 Å². The van der Waals surface area contributed by atoms with Gasteiger partial charge in [-0.2, -0.15) is 13.2 Å². The Bertz CT molecular complexity index is 575. The number of halogens is 4. The summed E-state index contributed by atoms with van der Waals surface area (Å²) < 4.78 is 37.4. The molecule has 2 atom stereocenters. The highest BCUT2D eigenvalue weighted by molar-refractivity contribution is 14.0.